The van der Waals surface area contributed by atoms with E-state index in [9.17, 15) is 0 Å². The third-order valence-electron chi connectivity index (χ3n) is 1.98. The summed E-state index contributed by atoms with van der Waals surface area (Å²) in [5, 5.41) is 11.4. The molecular weight excluding hydrogens is 206 g/mol. The van der Waals surface area contributed by atoms with Gasteiger partial charge >= 0.3 is 0 Å². The van der Waals surface area contributed by atoms with Gasteiger partial charge < -0.3 is 10.5 Å². The minimum absolute atomic E-state index is 0.0544. The van der Waals surface area contributed by atoms with Gasteiger partial charge in [-0.2, -0.15) is 5.10 Å². The fourth-order valence-electron chi connectivity index (χ4n) is 1.26. The van der Waals surface area contributed by atoms with Gasteiger partial charge in [-0.25, -0.2) is 0 Å². The normalized spacial score (nSPS) is 10.1. The van der Waals surface area contributed by atoms with E-state index in [-0.39, 0.29) is 5.84 Å². The van der Waals surface area contributed by atoms with E-state index in [1.54, 1.807) is 36.4 Å². The molecule has 2 rings (SSSR count). The highest BCUT2D eigenvalue weighted by molar-refractivity contribution is 5.97. The first-order chi connectivity index (χ1) is 7.66. The number of hydrogen-bond donors (Lipinski definition) is 2. The Hall–Kier alpha value is -2.37. The Morgan fingerprint density at radius 1 is 1.50 bits per heavy atom. The van der Waals surface area contributed by atoms with Crippen LogP contribution in [0.5, 0.6) is 11.5 Å². The maximum atomic E-state index is 7.40. The van der Waals surface area contributed by atoms with Crippen molar-refractivity contribution in [1.82, 2.24) is 14.8 Å². The molecule has 0 unspecified atom stereocenters. The fourth-order valence-corrected chi connectivity index (χ4v) is 1.26. The van der Waals surface area contributed by atoms with Gasteiger partial charge in [0.1, 0.15) is 5.84 Å². The van der Waals surface area contributed by atoms with Gasteiger partial charge in [-0.05, 0) is 6.07 Å². The number of rotatable bonds is 3. The first-order valence-corrected chi connectivity index (χ1v) is 4.61. The molecule has 6 nitrogen and oxygen atoms in total. The number of aromatic nitrogens is 3. The molecule has 0 atom stereocenters. The first kappa shape index (κ1) is 10.2. The molecule has 0 radical (unpaired) electrons. The summed E-state index contributed by atoms with van der Waals surface area (Å²) in [7, 11) is 1.79. The van der Waals surface area contributed by atoms with E-state index < -0.39 is 0 Å². The molecule has 2 aromatic rings. The van der Waals surface area contributed by atoms with Crippen LogP contribution in [0.2, 0.25) is 0 Å². The number of nitrogens with one attached hydrogen (secondary N) is 1. The average molecular weight is 217 g/mol. The van der Waals surface area contributed by atoms with E-state index >= 15 is 0 Å². The smallest absolute Gasteiger partial charge is 0.165 e. The monoisotopic (exact) mass is 217 g/mol. The molecular formula is C10H11N5O. The summed E-state index contributed by atoms with van der Waals surface area (Å²) < 4.78 is 7.15. The number of ether oxygens (including phenoxy) is 1. The summed E-state index contributed by atoms with van der Waals surface area (Å²) in [5.41, 5.74) is 5.94. The zero-order valence-electron chi connectivity index (χ0n) is 8.71. The van der Waals surface area contributed by atoms with Crippen LogP contribution in [0, 0.1) is 5.41 Å². The van der Waals surface area contributed by atoms with E-state index in [0.717, 1.165) is 0 Å². The third kappa shape index (κ3) is 2.00. The van der Waals surface area contributed by atoms with Crippen molar-refractivity contribution in [1.29, 1.82) is 5.41 Å². The topological polar surface area (TPSA) is 89.8 Å². The lowest BCUT2D eigenvalue weighted by molar-refractivity contribution is 0.478. The molecule has 0 aliphatic carbocycles. The van der Waals surface area contributed by atoms with Gasteiger partial charge in [-0.3, -0.25) is 15.1 Å². The van der Waals surface area contributed by atoms with Gasteiger partial charge in [-0.1, -0.05) is 0 Å². The van der Waals surface area contributed by atoms with Crippen molar-refractivity contribution in [3.8, 4) is 11.5 Å². The zero-order valence-corrected chi connectivity index (χ0v) is 8.71. The van der Waals surface area contributed by atoms with E-state index in [1.807, 2.05) is 0 Å². The van der Waals surface area contributed by atoms with Crippen LogP contribution >= 0.6 is 0 Å². The average Bonchev–Trinajstić information content (AvgIpc) is 2.64. The molecule has 0 aliphatic heterocycles. The zero-order chi connectivity index (χ0) is 11.5. The summed E-state index contributed by atoms with van der Waals surface area (Å²) in [5.74, 6) is 0.974. The van der Waals surface area contributed by atoms with Crippen molar-refractivity contribution in [2.24, 2.45) is 12.8 Å². The van der Waals surface area contributed by atoms with Gasteiger partial charge in [0.25, 0.3) is 0 Å². The van der Waals surface area contributed by atoms with Crippen molar-refractivity contribution in [2.75, 3.05) is 0 Å². The molecule has 2 heterocycles. The standard InChI is InChI=1S/C10H11N5O/c1-15-6-7(4-14-15)16-9-5-13-3-2-8(9)10(11)12/h2-6H,1H3,(H3,11,12). The van der Waals surface area contributed by atoms with Crippen molar-refractivity contribution in [3.05, 3.63) is 36.4 Å². The van der Waals surface area contributed by atoms with E-state index in [2.05, 4.69) is 10.1 Å². The molecule has 6 heteroatoms. The van der Waals surface area contributed by atoms with E-state index in [4.69, 9.17) is 15.9 Å². The third-order valence-corrected chi connectivity index (χ3v) is 1.98. The predicted octanol–water partition coefficient (Wildman–Crippen LogP) is 0.891. The highest BCUT2D eigenvalue weighted by atomic mass is 16.5. The Morgan fingerprint density at radius 3 is 2.94 bits per heavy atom. The van der Waals surface area contributed by atoms with Crippen LogP contribution in [-0.4, -0.2) is 20.6 Å². The molecule has 2 aromatic heterocycles. The highest BCUT2D eigenvalue weighted by Crippen LogP contribution is 2.23. The van der Waals surface area contributed by atoms with Gasteiger partial charge in [0.15, 0.2) is 11.5 Å². The maximum absolute atomic E-state index is 7.40. The fraction of sp³-hybridized carbons (Fsp3) is 0.100. The first-order valence-electron chi connectivity index (χ1n) is 4.61. The largest absolute Gasteiger partial charge is 0.452 e. The van der Waals surface area contributed by atoms with E-state index in [0.29, 0.717) is 17.1 Å². The number of nitrogens with zero attached hydrogens (tertiary/aromatic N) is 3. The number of aryl methyl sites for hydroxylation is 1. The number of hydrogen-bond acceptors (Lipinski definition) is 4. The van der Waals surface area contributed by atoms with Gasteiger partial charge in [0.2, 0.25) is 0 Å². The summed E-state index contributed by atoms with van der Waals surface area (Å²) in [6, 6.07) is 1.63. The molecule has 0 bridgehead atoms. The van der Waals surface area contributed by atoms with Crippen molar-refractivity contribution in [3.63, 3.8) is 0 Å². The molecule has 0 amide bonds. The number of nitrogen functional groups attached to an aromatic ring is 1. The quantitative estimate of drug-likeness (QED) is 0.590. The van der Waals surface area contributed by atoms with Crippen molar-refractivity contribution >= 4 is 5.84 Å². The summed E-state index contributed by atoms with van der Waals surface area (Å²) in [6.45, 7) is 0. The molecule has 0 aromatic carbocycles. The van der Waals surface area contributed by atoms with Gasteiger partial charge in [-0.15, -0.1) is 0 Å². The molecule has 16 heavy (non-hydrogen) atoms. The second kappa shape index (κ2) is 4.01. The summed E-state index contributed by atoms with van der Waals surface area (Å²) in [6.07, 6.45) is 6.38. The van der Waals surface area contributed by atoms with Crippen LogP contribution in [0.3, 0.4) is 0 Å². The Bertz CT molecular complexity index is 519. The van der Waals surface area contributed by atoms with Crippen molar-refractivity contribution < 1.29 is 4.74 Å². The summed E-state index contributed by atoms with van der Waals surface area (Å²) >= 11 is 0. The minimum atomic E-state index is -0.0544. The maximum Gasteiger partial charge on any atom is 0.165 e. The highest BCUT2D eigenvalue weighted by Gasteiger charge is 2.08. The molecule has 3 N–H and O–H groups in total. The Morgan fingerprint density at radius 2 is 2.31 bits per heavy atom. The molecule has 0 aliphatic rings. The molecule has 0 spiro atoms. The van der Waals surface area contributed by atoms with Crippen LogP contribution in [0.4, 0.5) is 0 Å². The Labute approximate surface area is 92.2 Å². The van der Waals surface area contributed by atoms with Crippen molar-refractivity contribution in [2.45, 2.75) is 0 Å². The molecule has 0 saturated heterocycles. The van der Waals surface area contributed by atoms with E-state index in [1.165, 1.54) is 6.20 Å². The lowest BCUT2D eigenvalue weighted by Gasteiger charge is -2.06. The van der Waals surface area contributed by atoms with Crippen LogP contribution in [0.15, 0.2) is 30.9 Å². The Balaban J connectivity index is 2.31. The SMILES string of the molecule is Cn1cc(Oc2cnccc2C(=N)N)cn1. The van der Waals surface area contributed by atoms with Crippen LogP contribution in [0.25, 0.3) is 0 Å². The number of amidine groups is 1. The van der Waals surface area contributed by atoms with Crippen LogP contribution in [0.1, 0.15) is 5.56 Å². The van der Waals surface area contributed by atoms with Crippen LogP contribution in [-0.2, 0) is 7.05 Å². The second-order valence-electron chi connectivity index (χ2n) is 3.24. The van der Waals surface area contributed by atoms with Gasteiger partial charge in [0.05, 0.1) is 24.2 Å². The minimum Gasteiger partial charge on any atom is -0.452 e. The second-order valence-corrected chi connectivity index (χ2v) is 3.24. The predicted molar refractivity (Wildman–Crippen MR) is 58.5 cm³/mol. The molecule has 0 saturated carbocycles. The number of nitrogens with two attached hydrogens (primary N) is 1. The lowest BCUT2D eigenvalue weighted by Crippen LogP contribution is -2.12. The molecule has 0 fully saturated rings. The van der Waals surface area contributed by atoms with Crippen LogP contribution < -0.4 is 10.5 Å². The molecule has 82 valence electrons. The Kier molecular flexibility index (Phi) is 2.55. The number of pyridine rings is 1. The summed E-state index contributed by atoms with van der Waals surface area (Å²) in [4.78, 5) is 3.93. The van der Waals surface area contributed by atoms with Gasteiger partial charge in [0, 0.05) is 13.2 Å². The lowest BCUT2D eigenvalue weighted by atomic mass is 10.2.